The van der Waals surface area contributed by atoms with Crippen LogP contribution in [0.2, 0.25) is 5.02 Å². The van der Waals surface area contributed by atoms with E-state index in [4.69, 9.17) is 11.6 Å². The molecule has 2 unspecified atom stereocenters. The van der Waals surface area contributed by atoms with Crippen LogP contribution in [-0.4, -0.2) is 33.5 Å². The van der Waals surface area contributed by atoms with E-state index in [1.54, 1.807) is 19.1 Å². The van der Waals surface area contributed by atoms with Crippen molar-refractivity contribution in [1.29, 1.82) is 0 Å². The minimum absolute atomic E-state index is 0.116. The Labute approximate surface area is 179 Å². The van der Waals surface area contributed by atoms with E-state index in [-0.39, 0.29) is 23.6 Å². The lowest BCUT2D eigenvalue weighted by Gasteiger charge is -2.23. The number of dihydropyridines is 1. The van der Waals surface area contributed by atoms with Crippen LogP contribution in [0.4, 0.5) is 0 Å². The van der Waals surface area contributed by atoms with E-state index in [1.807, 2.05) is 19.9 Å². The standard InChI is InChI=1S/C22H27ClN2O3S/c1-13-9-14(2)25-22(27)19(13)12-24-21(26)18-10-16(23)11-20(15(18)3)29(28)17-7-5-4-6-8-17/h9-11,17,19H,4-8,12H2,1-3H3,(H,24,26). The van der Waals surface area contributed by atoms with Crippen molar-refractivity contribution < 1.29 is 13.8 Å². The van der Waals surface area contributed by atoms with E-state index in [2.05, 4.69) is 10.3 Å². The third-order valence-corrected chi connectivity index (χ3v) is 7.83. The first-order valence-corrected chi connectivity index (χ1v) is 11.6. The van der Waals surface area contributed by atoms with Gasteiger partial charge in [-0.3, -0.25) is 13.8 Å². The lowest BCUT2D eigenvalue weighted by molar-refractivity contribution is -0.120. The molecule has 1 saturated carbocycles. The van der Waals surface area contributed by atoms with Gasteiger partial charge >= 0.3 is 0 Å². The molecule has 2 aliphatic rings. The van der Waals surface area contributed by atoms with Gasteiger partial charge in [0.15, 0.2) is 0 Å². The summed E-state index contributed by atoms with van der Waals surface area (Å²) in [5.74, 6) is -1.03. The molecule has 1 aliphatic carbocycles. The van der Waals surface area contributed by atoms with Crippen molar-refractivity contribution in [3.05, 3.63) is 39.9 Å². The Morgan fingerprint density at radius 1 is 1.21 bits per heavy atom. The fourth-order valence-electron chi connectivity index (χ4n) is 4.00. The number of halogens is 1. The summed E-state index contributed by atoms with van der Waals surface area (Å²) >= 11 is 6.26. The number of carbonyl (C=O) groups is 2. The molecule has 0 aromatic heterocycles. The van der Waals surface area contributed by atoms with E-state index >= 15 is 0 Å². The number of allylic oxidation sites excluding steroid dienone is 1. The SMILES string of the molecule is CC1=CC(C)=NC(=O)C1CNC(=O)c1cc(Cl)cc(S(=O)C2CCCCC2)c1C. The number of amides is 2. The number of carbonyl (C=O) groups excluding carboxylic acids is 2. The molecule has 1 aromatic carbocycles. The zero-order chi connectivity index (χ0) is 21.1. The summed E-state index contributed by atoms with van der Waals surface area (Å²) in [5, 5.41) is 3.34. The highest BCUT2D eigenvalue weighted by atomic mass is 35.5. The summed E-state index contributed by atoms with van der Waals surface area (Å²) in [6.45, 7) is 5.62. The summed E-state index contributed by atoms with van der Waals surface area (Å²) in [7, 11) is -1.19. The van der Waals surface area contributed by atoms with Crippen LogP contribution in [0.15, 0.2) is 33.7 Å². The molecular weight excluding hydrogens is 408 g/mol. The number of hydrogen-bond acceptors (Lipinski definition) is 3. The fraction of sp³-hybridized carbons (Fsp3) is 0.500. The van der Waals surface area contributed by atoms with E-state index in [0.29, 0.717) is 26.8 Å². The first-order chi connectivity index (χ1) is 13.8. The molecule has 1 aromatic rings. The van der Waals surface area contributed by atoms with Crippen LogP contribution in [-0.2, 0) is 15.6 Å². The molecule has 1 N–H and O–H groups in total. The van der Waals surface area contributed by atoms with E-state index < -0.39 is 16.7 Å². The van der Waals surface area contributed by atoms with Gasteiger partial charge in [0.2, 0.25) is 0 Å². The van der Waals surface area contributed by atoms with Crippen LogP contribution in [0.25, 0.3) is 0 Å². The molecule has 0 saturated heterocycles. The second kappa shape index (κ2) is 9.35. The van der Waals surface area contributed by atoms with Crippen LogP contribution >= 0.6 is 11.6 Å². The predicted octanol–water partition coefficient (Wildman–Crippen LogP) is 4.38. The Kier molecular flexibility index (Phi) is 7.06. The van der Waals surface area contributed by atoms with Crippen molar-refractivity contribution in [3.63, 3.8) is 0 Å². The average molecular weight is 435 g/mol. The Hall–Kier alpha value is -1.79. The molecule has 0 spiro atoms. The smallest absolute Gasteiger partial charge is 0.254 e. The van der Waals surface area contributed by atoms with E-state index in [9.17, 15) is 13.8 Å². The van der Waals surface area contributed by atoms with Crippen LogP contribution < -0.4 is 5.32 Å². The van der Waals surface area contributed by atoms with Gasteiger partial charge in [0.25, 0.3) is 11.8 Å². The highest BCUT2D eigenvalue weighted by molar-refractivity contribution is 7.85. The van der Waals surface area contributed by atoms with Gasteiger partial charge in [-0.1, -0.05) is 36.4 Å². The van der Waals surface area contributed by atoms with Crippen molar-refractivity contribution in [3.8, 4) is 0 Å². The third kappa shape index (κ3) is 5.04. The van der Waals surface area contributed by atoms with Gasteiger partial charge in [0, 0.05) is 33.0 Å². The topological polar surface area (TPSA) is 75.6 Å². The maximum Gasteiger partial charge on any atom is 0.254 e. The lowest BCUT2D eigenvalue weighted by atomic mass is 9.95. The summed E-state index contributed by atoms with van der Waals surface area (Å²) in [6, 6.07) is 3.31. The van der Waals surface area contributed by atoms with Crippen molar-refractivity contribution in [2.45, 2.75) is 63.0 Å². The second-order valence-electron chi connectivity index (χ2n) is 7.88. The molecule has 0 bridgehead atoms. The van der Waals surface area contributed by atoms with E-state index in [1.165, 1.54) is 6.42 Å². The highest BCUT2D eigenvalue weighted by Crippen LogP contribution is 2.30. The van der Waals surface area contributed by atoms with Crippen molar-refractivity contribution in [1.82, 2.24) is 5.32 Å². The Balaban J connectivity index is 1.77. The third-order valence-electron chi connectivity index (χ3n) is 5.68. The second-order valence-corrected chi connectivity index (χ2v) is 10.0. The molecule has 2 atom stereocenters. The largest absolute Gasteiger partial charge is 0.351 e. The van der Waals surface area contributed by atoms with Crippen LogP contribution in [0, 0.1) is 12.8 Å². The lowest BCUT2D eigenvalue weighted by Crippen LogP contribution is -2.35. The molecular formula is C22H27ClN2O3S. The molecule has 1 heterocycles. The normalized spacial score (nSPS) is 21.4. The number of nitrogens with zero attached hydrogens (tertiary/aromatic N) is 1. The molecule has 0 radical (unpaired) electrons. The number of benzene rings is 1. The van der Waals surface area contributed by atoms with Crippen molar-refractivity contribution in [2.75, 3.05) is 6.54 Å². The number of nitrogens with one attached hydrogen (secondary N) is 1. The first kappa shape index (κ1) is 21.9. The van der Waals surface area contributed by atoms with Crippen LogP contribution in [0.5, 0.6) is 0 Å². The molecule has 1 aliphatic heterocycles. The highest BCUT2D eigenvalue weighted by Gasteiger charge is 2.27. The maximum atomic E-state index is 13.1. The maximum absolute atomic E-state index is 13.1. The molecule has 7 heteroatoms. The molecule has 3 rings (SSSR count). The Morgan fingerprint density at radius 3 is 2.55 bits per heavy atom. The van der Waals surface area contributed by atoms with Gasteiger partial charge < -0.3 is 5.32 Å². The Bertz CT molecular complexity index is 917. The van der Waals surface area contributed by atoms with Crippen LogP contribution in [0.1, 0.15) is 61.9 Å². The van der Waals surface area contributed by atoms with Crippen molar-refractivity contribution >= 4 is 39.9 Å². The van der Waals surface area contributed by atoms with Gasteiger partial charge in [-0.05, 0) is 57.4 Å². The van der Waals surface area contributed by atoms with Gasteiger partial charge in [-0.2, -0.15) is 0 Å². The van der Waals surface area contributed by atoms with Crippen LogP contribution in [0.3, 0.4) is 0 Å². The predicted molar refractivity (Wildman–Crippen MR) is 117 cm³/mol. The molecule has 5 nitrogen and oxygen atoms in total. The number of hydrogen-bond donors (Lipinski definition) is 1. The molecule has 1 fully saturated rings. The number of aliphatic imine (C=N–C) groups is 1. The van der Waals surface area contributed by atoms with Gasteiger partial charge in [-0.25, -0.2) is 4.99 Å². The van der Waals surface area contributed by atoms with Gasteiger partial charge in [-0.15, -0.1) is 0 Å². The number of rotatable bonds is 5. The summed E-state index contributed by atoms with van der Waals surface area (Å²) in [6.07, 6.45) is 7.10. The first-order valence-electron chi connectivity index (χ1n) is 10.0. The summed E-state index contributed by atoms with van der Waals surface area (Å²) < 4.78 is 13.1. The molecule has 156 valence electrons. The summed E-state index contributed by atoms with van der Waals surface area (Å²) in [5.41, 5.74) is 2.65. The monoisotopic (exact) mass is 434 g/mol. The zero-order valence-electron chi connectivity index (χ0n) is 17.1. The van der Waals surface area contributed by atoms with Crippen molar-refractivity contribution in [2.24, 2.45) is 10.9 Å². The average Bonchev–Trinajstić information content (AvgIpc) is 2.68. The zero-order valence-corrected chi connectivity index (χ0v) is 18.7. The quantitative estimate of drug-likeness (QED) is 0.746. The summed E-state index contributed by atoms with van der Waals surface area (Å²) in [4.78, 5) is 29.6. The van der Waals surface area contributed by atoms with Gasteiger partial charge in [0.1, 0.15) is 0 Å². The minimum Gasteiger partial charge on any atom is -0.351 e. The van der Waals surface area contributed by atoms with E-state index in [0.717, 1.165) is 31.3 Å². The Morgan fingerprint density at radius 2 is 1.90 bits per heavy atom. The minimum atomic E-state index is -1.19. The molecule has 29 heavy (non-hydrogen) atoms. The van der Waals surface area contributed by atoms with Gasteiger partial charge in [0.05, 0.1) is 16.7 Å². The molecule has 2 amide bonds. The fourth-order valence-corrected chi connectivity index (χ4v) is 6.06.